The second-order valence-electron chi connectivity index (χ2n) is 5.39. The normalized spacial score (nSPS) is 19.6. The summed E-state index contributed by atoms with van der Waals surface area (Å²) in [6.07, 6.45) is -0.479. The summed E-state index contributed by atoms with van der Waals surface area (Å²) in [5.41, 5.74) is 0.970. The molecule has 3 nitrogen and oxygen atoms in total. The van der Waals surface area contributed by atoms with Gasteiger partial charge in [0, 0.05) is 0 Å². The predicted molar refractivity (Wildman–Crippen MR) is 90.3 cm³/mol. The summed E-state index contributed by atoms with van der Waals surface area (Å²) >= 11 is -3.77. The molecule has 1 heterocycles. The van der Waals surface area contributed by atoms with Crippen LogP contribution < -0.4 is 7.16 Å². The standard InChI is InChI=1S/C7H7O3.2C6H5.Sn/c8-7(10-9)6-4-2-1-3-5-6;2*1-2-4-6-5-3-1;/h1-5,7,9H;2*1-5H;/q-1;;;+2/p-1/t7-;;;/m1.../s1. The van der Waals surface area contributed by atoms with Crippen LogP contribution in [0, 0.1) is 0 Å². The Morgan fingerprint density at radius 2 is 1.09 bits per heavy atom. The zero-order valence-corrected chi connectivity index (χ0v) is 15.3. The van der Waals surface area contributed by atoms with Crippen molar-refractivity contribution in [2.75, 3.05) is 0 Å². The van der Waals surface area contributed by atoms with Crippen LogP contribution >= 0.6 is 0 Å². The summed E-state index contributed by atoms with van der Waals surface area (Å²) in [4.78, 5) is 5.63. The van der Waals surface area contributed by atoms with Gasteiger partial charge in [0.2, 0.25) is 0 Å². The van der Waals surface area contributed by atoms with E-state index in [2.05, 4.69) is 24.3 Å². The van der Waals surface area contributed by atoms with Gasteiger partial charge in [-0.3, -0.25) is 0 Å². The second kappa shape index (κ2) is 6.45. The SMILES string of the molecule is c1ccc([C@H]2O[O][Sn]([c]3ccccc3)([c]3ccccc3)[O]2)cc1. The van der Waals surface area contributed by atoms with Gasteiger partial charge in [-0.2, -0.15) is 0 Å². The van der Waals surface area contributed by atoms with Gasteiger partial charge in [-0.15, -0.1) is 0 Å². The van der Waals surface area contributed by atoms with E-state index in [-0.39, 0.29) is 0 Å². The number of hydrogen-bond donors (Lipinski definition) is 0. The molecule has 0 unspecified atom stereocenters. The van der Waals surface area contributed by atoms with Crippen molar-refractivity contribution < 1.29 is 11.2 Å². The molecule has 4 rings (SSSR count). The second-order valence-corrected chi connectivity index (χ2v) is 13.4. The van der Waals surface area contributed by atoms with Crippen molar-refractivity contribution in [1.82, 2.24) is 0 Å². The van der Waals surface area contributed by atoms with Gasteiger partial charge < -0.3 is 0 Å². The maximum atomic E-state index is 6.47. The zero-order valence-electron chi connectivity index (χ0n) is 12.5. The molecule has 0 radical (unpaired) electrons. The minimum atomic E-state index is -3.77. The van der Waals surface area contributed by atoms with Gasteiger partial charge in [0.25, 0.3) is 0 Å². The van der Waals surface area contributed by atoms with Crippen molar-refractivity contribution in [3.05, 3.63) is 96.6 Å². The summed E-state index contributed by atoms with van der Waals surface area (Å²) in [7, 11) is 0. The fourth-order valence-electron chi connectivity index (χ4n) is 2.75. The van der Waals surface area contributed by atoms with Gasteiger partial charge in [0.1, 0.15) is 0 Å². The summed E-state index contributed by atoms with van der Waals surface area (Å²) in [6.45, 7) is 0. The third-order valence-corrected chi connectivity index (χ3v) is 12.6. The van der Waals surface area contributed by atoms with Gasteiger partial charge in [-0.1, -0.05) is 0 Å². The molecule has 1 saturated heterocycles. The van der Waals surface area contributed by atoms with Crippen LogP contribution in [-0.2, 0) is 11.2 Å². The molecule has 1 atom stereocenters. The maximum absolute atomic E-state index is 6.47. The van der Waals surface area contributed by atoms with Gasteiger partial charge in [0.05, 0.1) is 0 Å². The van der Waals surface area contributed by atoms with Gasteiger partial charge in [-0.05, 0) is 0 Å². The van der Waals surface area contributed by atoms with Crippen LogP contribution in [0.3, 0.4) is 0 Å². The number of hydrogen-bond acceptors (Lipinski definition) is 3. The molecule has 1 aliphatic rings. The molecule has 0 amide bonds. The van der Waals surface area contributed by atoms with Gasteiger partial charge >= 0.3 is 140 Å². The Kier molecular flexibility index (Phi) is 4.18. The summed E-state index contributed by atoms with van der Waals surface area (Å²) < 4.78 is 14.6. The van der Waals surface area contributed by atoms with Crippen molar-refractivity contribution >= 4 is 26.4 Å². The van der Waals surface area contributed by atoms with E-state index in [0.29, 0.717) is 0 Å². The van der Waals surface area contributed by atoms with E-state index in [9.17, 15) is 0 Å². The van der Waals surface area contributed by atoms with Crippen molar-refractivity contribution in [3.8, 4) is 0 Å². The van der Waals surface area contributed by atoms with Crippen LogP contribution in [0.25, 0.3) is 0 Å². The van der Waals surface area contributed by atoms with E-state index < -0.39 is 25.5 Å². The van der Waals surface area contributed by atoms with Gasteiger partial charge in [0.15, 0.2) is 0 Å². The molecule has 4 heteroatoms. The van der Waals surface area contributed by atoms with E-state index >= 15 is 0 Å². The molecular formula is C19H16O3Sn. The quantitative estimate of drug-likeness (QED) is 0.490. The molecule has 0 N–H and O–H groups in total. The van der Waals surface area contributed by atoms with Gasteiger partial charge in [-0.25, -0.2) is 0 Å². The van der Waals surface area contributed by atoms with Crippen molar-refractivity contribution in [2.24, 2.45) is 0 Å². The van der Waals surface area contributed by atoms with Crippen LogP contribution in [0.4, 0.5) is 0 Å². The summed E-state index contributed by atoms with van der Waals surface area (Å²) in [6, 6.07) is 30.2. The molecule has 0 aromatic heterocycles. The molecule has 0 aliphatic carbocycles. The molecule has 114 valence electrons. The average Bonchev–Trinajstić information content (AvgIpc) is 3.11. The molecule has 0 bridgehead atoms. The molecule has 0 spiro atoms. The third-order valence-electron chi connectivity index (χ3n) is 3.91. The van der Waals surface area contributed by atoms with Crippen LogP contribution in [0.2, 0.25) is 0 Å². The predicted octanol–water partition coefficient (Wildman–Crippen LogP) is 2.92. The van der Waals surface area contributed by atoms with Crippen LogP contribution in [0.1, 0.15) is 11.9 Å². The van der Waals surface area contributed by atoms with Crippen LogP contribution in [0.5, 0.6) is 0 Å². The van der Waals surface area contributed by atoms with E-state index in [0.717, 1.165) is 12.7 Å². The number of benzene rings is 3. The topological polar surface area (TPSA) is 27.7 Å². The summed E-state index contributed by atoms with van der Waals surface area (Å²) in [5, 5.41) is 0. The van der Waals surface area contributed by atoms with Crippen LogP contribution in [0.15, 0.2) is 91.0 Å². The Morgan fingerprint density at radius 1 is 0.609 bits per heavy atom. The van der Waals surface area contributed by atoms with E-state index in [1.54, 1.807) is 0 Å². The Balaban J connectivity index is 1.77. The molecule has 0 saturated carbocycles. The van der Waals surface area contributed by atoms with Crippen LogP contribution in [-0.4, -0.2) is 19.2 Å². The monoisotopic (exact) mass is 412 g/mol. The first-order valence-corrected chi connectivity index (χ1v) is 12.8. The van der Waals surface area contributed by atoms with E-state index in [1.165, 1.54) is 0 Å². The van der Waals surface area contributed by atoms with Crippen molar-refractivity contribution in [1.29, 1.82) is 0 Å². The third kappa shape index (κ3) is 2.81. The molecule has 3 aromatic rings. The first kappa shape index (κ1) is 14.9. The fraction of sp³-hybridized carbons (Fsp3) is 0.0526. The molecule has 1 fully saturated rings. The molecule has 23 heavy (non-hydrogen) atoms. The van der Waals surface area contributed by atoms with Crippen molar-refractivity contribution in [3.63, 3.8) is 0 Å². The Labute approximate surface area is 140 Å². The number of rotatable bonds is 3. The molecule has 1 aliphatic heterocycles. The van der Waals surface area contributed by atoms with E-state index in [4.69, 9.17) is 11.2 Å². The minimum absolute atomic E-state index is 0.479. The Bertz CT molecular complexity index is 723. The Hall–Kier alpha value is -1.66. The summed E-state index contributed by atoms with van der Waals surface area (Å²) in [5.74, 6) is 0. The fourth-order valence-corrected chi connectivity index (χ4v) is 10.7. The van der Waals surface area contributed by atoms with Crippen molar-refractivity contribution in [2.45, 2.75) is 6.29 Å². The average molecular weight is 411 g/mol. The zero-order chi connectivity index (χ0) is 15.5. The first-order chi connectivity index (χ1) is 11.4. The Morgan fingerprint density at radius 3 is 1.61 bits per heavy atom. The van der Waals surface area contributed by atoms with E-state index in [1.807, 2.05) is 66.7 Å². The molecule has 3 aromatic carbocycles. The molecular weight excluding hydrogens is 395 g/mol. The first-order valence-electron chi connectivity index (χ1n) is 7.57.